The summed E-state index contributed by atoms with van der Waals surface area (Å²) >= 11 is 7.78. The highest BCUT2D eigenvalue weighted by Gasteiger charge is 2.37. The maximum atomic E-state index is 13.9. The molecule has 7 heteroatoms. The number of ether oxygens (including phenoxy) is 1. The third kappa shape index (κ3) is 4.92. The van der Waals surface area contributed by atoms with Crippen molar-refractivity contribution in [2.45, 2.75) is 45.4 Å². The molecule has 0 radical (unpaired) electrons. The highest BCUT2D eigenvalue weighted by atomic mass is 35.5. The molecule has 1 amide bonds. The Morgan fingerprint density at radius 3 is 2.47 bits per heavy atom. The Labute approximate surface area is 197 Å². The summed E-state index contributed by atoms with van der Waals surface area (Å²) in [7, 11) is 0. The van der Waals surface area contributed by atoms with Gasteiger partial charge in [0.1, 0.15) is 17.6 Å². The molecule has 1 aliphatic rings. The zero-order chi connectivity index (χ0) is 22.9. The molecule has 1 fully saturated rings. The second-order valence-electron chi connectivity index (χ2n) is 8.82. The number of likely N-dealkylation sites (tertiary alicyclic amines) is 1. The number of rotatable bonds is 4. The van der Waals surface area contributed by atoms with E-state index in [-0.39, 0.29) is 17.3 Å². The van der Waals surface area contributed by atoms with E-state index in [4.69, 9.17) is 16.3 Å². The van der Waals surface area contributed by atoms with Crippen LogP contribution in [0.1, 0.15) is 33.6 Å². The molecule has 4 rings (SSSR count). The number of hydrogen-bond acceptors (Lipinski definition) is 4. The van der Waals surface area contributed by atoms with Crippen LogP contribution in [0.2, 0.25) is 5.02 Å². The van der Waals surface area contributed by atoms with E-state index in [0.717, 1.165) is 35.3 Å². The molecule has 168 valence electrons. The van der Waals surface area contributed by atoms with Crippen LogP contribution < -0.4 is 4.90 Å². The van der Waals surface area contributed by atoms with Gasteiger partial charge in [-0.2, -0.15) is 11.3 Å². The number of halogens is 2. The van der Waals surface area contributed by atoms with E-state index in [0.29, 0.717) is 6.54 Å². The van der Waals surface area contributed by atoms with Crippen LogP contribution in [0.5, 0.6) is 0 Å². The van der Waals surface area contributed by atoms with Crippen molar-refractivity contribution in [2.75, 3.05) is 11.4 Å². The minimum atomic E-state index is -0.587. The number of carbonyl (C=O) groups is 1. The van der Waals surface area contributed by atoms with Gasteiger partial charge in [-0.05, 0) is 91.9 Å². The third-order valence-corrected chi connectivity index (χ3v) is 6.30. The molecule has 1 atom stereocenters. The summed E-state index contributed by atoms with van der Waals surface area (Å²) in [6, 6.07) is 14.9. The van der Waals surface area contributed by atoms with Gasteiger partial charge in [-0.3, -0.25) is 4.90 Å². The Morgan fingerprint density at radius 2 is 1.84 bits per heavy atom. The summed E-state index contributed by atoms with van der Waals surface area (Å²) in [5.41, 5.74) is 3.31. The third-order valence-electron chi connectivity index (χ3n) is 5.33. The predicted molar refractivity (Wildman–Crippen MR) is 129 cm³/mol. The van der Waals surface area contributed by atoms with E-state index in [2.05, 4.69) is 23.6 Å². The van der Waals surface area contributed by atoms with Gasteiger partial charge >= 0.3 is 6.09 Å². The standard InChI is InChI=1S/C25H26ClFN2O2S/c1-25(2,3)31-24(30)28-13-4-5-23(28)29(20-10-11-22(27)21(26)15-20)19-8-6-17(7-9-19)18-12-14-32-16-18/h6-12,14-16,23H,4-5,13H2,1-3H3/t23-/m1/s1. The molecule has 0 bridgehead atoms. The number of carbonyl (C=O) groups excluding carboxylic acids is 1. The second-order valence-corrected chi connectivity index (χ2v) is 10.0. The summed E-state index contributed by atoms with van der Waals surface area (Å²) in [6.45, 7) is 6.17. The lowest BCUT2D eigenvalue weighted by Crippen LogP contribution is -2.47. The van der Waals surface area contributed by atoms with Crippen LogP contribution in [0.25, 0.3) is 11.1 Å². The van der Waals surface area contributed by atoms with E-state index >= 15 is 0 Å². The summed E-state index contributed by atoms with van der Waals surface area (Å²) in [5.74, 6) is -0.474. The van der Waals surface area contributed by atoms with Crippen molar-refractivity contribution >= 4 is 40.4 Å². The summed E-state index contributed by atoms with van der Waals surface area (Å²) < 4.78 is 19.6. The van der Waals surface area contributed by atoms with Gasteiger partial charge in [0.15, 0.2) is 0 Å². The minimum Gasteiger partial charge on any atom is -0.444 e. The van der Waals surface area contributed by atoms with Crippen LogP contribution in [0.15, 0.2) is 59.3 Å². The topological polar surface area (TPSA) is 32.8 Å². The largest absolute Gasteiger partial charge is 0.444 e. The van der Waals surface area contributed by atoms with Crippen LogP contribution in [-0.2, 0) is 4.74 Å². The molecule has 0 spiro atoms. The van der Waals surface area contributed by atoms with Crippen molar-refractivity contribution in [2.24, 2.45) is 0 Å². The molecule has 1 aliphatic heterocycles. The molecular formula is C25H26ClFN2O2S. The molecule has 4 nitrogen and oxygen atoms in total. The number of nitrogens with zero attached hydrogens (tertiary/aromatic N) is 2. The van der Waals surface area contributed by atoms with Crippen molar-refractivity contribution in [1.29, 1.82) is 0 Å². The smallest absolute Gasteiger partial charge is 0.411 e. The molecule has 3 aromatic rings. The summed E-state index contributed by atoms with van der Waals surface area (Å²) in [6.07, 6.45) is 0.995. The second kappa shape index (κ2) is 9.12. The maximum Gasteiger partial charge on any atom is 0.411 e. The summed E-state index contributed by atoms with van der Waals surface area (Å²) in [5, 5.41) is 4.20. The van der Waals surface area contributed by atoms with Crippen LogP contribution in [0, 0.1) is 5.82 Å². The lowest BCUT2D eigenvalue weighted by Gasteiger charge is -2.37. The van der Waals surface area contributed by atoms with Gasteiger partial charge in [0.2, 0.25) is 0 Å². The molecule has 1 saturated heterocycles. The fourth-order valence-electron chi connectivity index (χ4n) is 3.92. The average Bonchev–Trinajstić information content (AvgIpc) is 3.43. The maximum absolute atomic E-state index is 13.9. The van der Waals surface area contributed by atoms with Gasteiger partial charge in [-0.15, -0.1) is 0 Å². The quantitative estimate of drug-likeness (QED) is 0.390. The van der Waals surface area contributed by atoms with Crippen LogP contribution in [0.4, 0.5) is 20.6 Å². The average molecular weight is 473 g/mol. The monoisotopic (exact) mass is 472 g/mol. The van der Waals surface area contributed by atoms with Crippen LogP contribution in [0.3, 0.4) is 0 Å². The van der Waals surface area contributed by atoms with E-state index in [1.165, 1.54) is 6.07 Å². The van der Waals surface area contributed by atoms with Crippen molar-refractivity contribution in [3.63, 3.8) is 0 Å². The lowest BCUT2D eigenvalue weighted by molar-refractivity contribution is 0.0231. The van der Waals surface area contributed by atoms with Gasteiger partial charge in [0.05, 0.1) is 5.02 Å². The van der Waals surface area contributed by atoms with E-state index in [1.54, 1.807) is 28.4 Å². The SMILES string of the molecule is CC(C)(C)OC(=O)N1CCC[C@H]1N(c1ccc(-c2ccsc2)cc1)c1ccc(F)c(Cl)c1. The van der Waals surface area contributed by atoms with E-state index < -0.39 is 11.4 Å². The Morgan fingerprint density at radius 1 is 1.12 bits per heavy atom. The Hall–Kier alpha value is -2.57. The Bertz CT molecular complexity index is 1080. The van der Waals surface area contributed by atoms with Crippen molar-refractivity contribution in [3.05, 3.63) is 70.1 Å². The first kappa shape index (κ1) is 22.6. The predicted octanol–water partition coefficient (Wildman–Crippen LogP) is 7.70. The molecule has 0 saturated carbocycles. The molecule has 0 aliphatic carbocycles. The van der Waals surface area contributed by atoms with Gasteiger partial charge < -0.3 is 9.64 Å². The normalized spacial score (nSPS) is 16.3. The highest BCUT2D eigenvalue weighted by molar-refractivity contribution is 7.08. The number of amides is 1. The first-order chi connectivity index (χ1) is 15.2. The Kier molecular flexibility index (Phi) is 6.45. The van der Waals surface area contributed by atoms with Crippen molar-refractivity contribution < 1.29 is 13.9 Å². The minimum absolute atomic E-state index is 0.0456. The van der Waals surface area contributed by atoms with Gasteiger partial charge in [-0.25, -0.2) is 9.18 Å². The fourth-order valence-corrected chi connectivity index (χ4v) is 4.76. The molecule has 1 aromatic heterocycles. The number of hydrogen-bond donors (Lipinski definition) is 0. The zero-order valence-electron chi connectivity index (χ0n) is 18.3. The Balaban J connectivity index is 1.72. The first-order valence-electron chi connectivity index (χ1n) is 10.6. The number of thiophene rings is 1. The zero-order valence-corrected chi connectivity index (χ0v) is 19.9. The molecule has 32 heavy (non-hydrogen) atoms. The summed E-state index contributed by atoms with van der Waals surface area (Å²) in [4.78, 5) is 16.7. The van der Waals surface area contributed by atoms with Gasteiger partial charge in [-0.1, -0.05) is 23.7 Å². The van der Waals surface area contributed by atoms with Gasteiger partial charge in [0.25, 0.3) is 0 Å². The van der Waals surface area contributed by atoms with Crippen LogP contribution >= 0.6 is 22.9 Å². The van der Waals surface area contributed by atoms with Crippen LogP contribution in [-0.4, -0.2) is 29.3 Å². The molecule has 0 N–H and O–H groups in total. The van der Waals surface area contributed by atoms with Gasteiger partial charge in [0, 0.05) is 17.9 Å². The van der Waals surface area contributed by atoms with Crippen molar-refractivity contribution in [3.8, 4) is 11.1 Å². The van der Waals surface area contributed by atoms with Crippen molar-refractivity contribution in [1.82, 2.24) is 4.90 Å². The highest BCUT2D eigenvalue weighted by Crippen LogP contribution is 2.37. The molecule has 2 heterocycles. The molecular weight excluding hydrogens is 447 g/mol. The number of benzene rings is 2. The molecule has 2 aromatic carbocycles. The fraction of sp³-hybridized carbons (Fsp3) is 0.320. The van der Waals surface area contributed by atoms with E-state index in [9.17, 15) is 9.18 Å². The first-order valence-corrected chi connectivity index (χ1v) is 11.9. The van der Waals surface area contributed by atoms with E-state index in [1.807, 2.05) is 43.2 Å². The lowest BCUT2D eigenvalue weighted by atomic mass is 10.1. The number of anilines is 2. The molecule has 0 unspecified atom stereocenters.